The third-order valence-corrected chi connectivity index (χ3v) is 4.83. The van der Waals surface area contributed by atoms with Crippen LogP contribution in [0.1, 0.15) is 31.2 Å². The Morgan fingerprint density at radius 2 is 2.06 bits per heavy atom. The average molecular weight is 306 g/mol. The fraction of sp³-hybridized carbons (Fsp3) is 0.538. The van der Waals surface area contributed by atoms with Crippen LogP contribution in [-0.2, 0) is 6.42 Å². The fourth-order valence-electron chi connectivity index (χ4n) is 2.38. The lowest BCUT2D eigenvalue weighted by atomic mass is 9.84. The molecule has 1 aromatic rings. The van der Waals surface area contributed by atoms with Crippen molar-refractivity contribution in [3.05, 3.63) is 34.6 Å². The van der Waals surface area contributed by atoms with Crippen molar-refractivity contribution in [1.29, 1.82) is 0 Å². The maximum Gasteiger partial charge on any atom is 0.144 e. The highest BCUT2D eigenvalue weighted by molar-refractivity contribution is 9.09. The van der Waals surface area contributed by atoms with Crippen molar-refractivity contribution in [2.75, 3.05) is 0 Å². The SMILES string of the molecule is Fc1c(Cl)cccc1CC1CCCCC1Br. The molecule has 0 aliphatic heterocycles. The van der Waals surface area contributed by atoms with Crippen LogP contribution in [0.3, 0.4) is 0 Å². The lowest BCUT2D eigenvalue weighted by Crippen LogP contribution is -2.21. The van der Waals surface area contributed by atoms with Gasteiger partial charge < -0.3 is 0 Å². The maximum atomic E-state index is 13.7. The Balaban J connectivity index is 2.10. The minimum absolute atomic E-state index is 0.236. The molecular formula is C13H15BrClF. The van der Waals surface area contributed by atoms with E-state index in [4.69, 9.17) is 11.6 Å². The van der Waals surface area contributed by atoms with E-state index in [0.29, 0.717) is 10.7 Å². The van der Waals surface area contributed by atoms with Gasteiger partial charge >= 0.3 is 0 Å². The Hall–Kier alpha value is -0.0800. The summed E-state index contributed by atoms with van der Waals surface area (Å²) in [6.07, 6.45) is 5.72. The summed E-state index contributed by atoms with van der Waals surface area (Å²) in [4.78, 5) is 0.527. The van der Waals surface area contributed by atoms with Gasteiger partial charge in [0.05, 0.1) is 5.02 Å². The van der Waals surface area contributed by atoms with Crippen LogP contribution in [0.25, 0.3) is 0 Å². The van der Waals surface area contributed by atoms with Crippen molar-refractivity contribution in [2.45, 2.75) is 36.9 Å². The molecule has 1 fully saturated rings. The first-order valence-corrected chi connectivity index (χ1v) is 7.05. The number of alkyl halides is 1. The minimum atomic E-state index is -0.241. The van der Waals surface area contributed by atoms with Gasteiger partial charge in [0.25, 0.3) is 0 Å². The van der Waals surface area contributed by atoms with E-state index in [2.05, 4.69) is 15.9 Å². The zero-order chi connectivity index (χ0) is 11.5. The van der Waals surface area contributed by atoms with Crippen molar-refractivity contribution < 1.29 is 4.39 Å². The maximum absolute atomic E-state index is 13.7. The summed E-state index contributed by atoms with van der Waals surface area (Å²) in [6.45, 7) is 0. The number of hydrogen-bond donors (Lipinski definition) is 0. The second-order valence-electron chi connectivity index (χ2n) is 4.48. The summed E-state index contributed by atoms with van der Waals surface area (Å²) in [5, 5.41) is 0.236. The number of rotatable bonds is 2. The summed E-state index contributed by atoms with van der Waals surface area (Å²) in [5.74, 6) is 0.302. The Labute approximate surface area is 109 Å². The van der Waals surface area contributed by atoms with Gasteiger partial charge in [-0.15, -0.1) is 0 Å². The zero-order valence-electron chi connectivity index (χ0n) is 9.06. The van der Waals surface area contributed by atoms with Gasteiger partial charge in [0.15, 0.2) is 0 Å². The van der Waals surface area contributed by atoms with Crippen LogP contribution < -0.4 is 0 Å². The molecule has 88 valence electrons. The largest absolute Gasteiger partial charge is 0.205 e. The number of benzene rings is 1. The van der Waals surface area contributed by atoms with Crippen LogP contribution in [0.5, 0.6) is 0 Å². The molecule has 2 unspecified atom stereocenters. The fourth-order valence-corrected chi connectivity index (χ4v) is 3.35. The van der Waals surface area contributed by atoms with E-state index in [-0.39, 0.29) is 10.8 Å². The highest BCUT2D eigenvalue weighted by atomic mass is 79.9. The van der Waals surface area contributed by atoms with Gasteiger partial charge in [-0.1, -0.05) is 52.5 Å². The van der Waals surface area contributed by atoms with Crippen LogP contribution in [0.15, 0.2) is 18.2 Å². The molecular weight excluding hydrogens is 290 g/mol. The molecule has 0 N–H and O–H groups in total. The lowest BCUT2D eigenvalue weighted by molar-refractivity contribution is 0.369. The van der Waals surface area contributed by atoms with E-state index in [1.807, 2.05) is 12.1 Å². The van der Waals surface area contributed by atoms with Gasteiger partial charge in [0.2, 0.25) is 0 Å². The molecule has 2 atom stereocenters. The second-order valence-corrected chi connectivity index (χ2v) is 6.06. The van der Waals surface area contributed by atoms with Crippen molar-refractivity contribution in [3.63, 3.8) is 0 Å². The standard InChI is InChI=1S/C13H15BrClF/c14-11-6-2-1-4-9(11)8-10-5-3-7-12(15)13(10)16/h3,5,7,9,11H,1-2,4,6,8H2. The van der Waals surface area contributed by atoms with Gasteiger partial charge in [-0.25, -0.2) is 4.39 Å². The smallest absolute Gasteiger partial charge is 0.144 e. The first-order valence-electron chi connectivity index (χ1n) is 5.75. The minimum Gasteiger partial charge on any atom is -0.205 e. The van der Waals surface area contributed by atoms with Crippen molar-refractivity contribution >= 4 is 27.5 Å². The predicted octanol–water partition coefficient (Wildman–Crippen LogP) is 4.98. The quantitative estimate of drug-likeness (QED) is 0.676. The van der Waals surface area contributed by atoms with Crippen LogP contribution in [0.4, 0.5) is 4.39 Å². The summed E-state index contributed by atoms with van der Waals surface area (Å²) in [7, 11) is 0. The summed E-state index contributed by atoms with van der Waals surface area (Å²) >= 11 is 9.48. The van der Waals surface area contributed by atoms with E-state index < -0.39 is 0 Å². The van der Waals surface area contributed by atoms with Gasteiger partial charge in [-0.05, 0) is 36.8 Å². The Morgan fingerprint density at radius 3 is 2.81 bits per heavy atom. The van der Waals surface area contributed by atoms with Gasteiger partial charge in [-0.3, -0.25) is 0 Å². The molecule has 16 heavy (non-hydrogen) atoms. The highest BCUT2D eigenvalue weighted by Crippen LogP contribution is 2.33. The molecule has 0 aromatic heterocycles. The monoisotopic (exact) mass is 304 g/mol. The normalized spacial score (nSPS) is 25.7. The summed E-state index contributed by atoms with van der Waals surface area (Å²) in [6, 6.07) is 5.27. The van der Waals surface area contributed by atoms with Crippen molar-refractivity contribution in [2.24, 2.45) is 5.92 Å². The van der Waals surface area contributed by atoms with Crippen molar-refractivity contribution in [1.82, 2.24) is 0 Å². The highest BCUT2D eigenvalue weighted by Gasteiger charge is 2.24. The average Bonchev–Trinajstić information content (AvgIpc) is 2.28. The first kappa shape index (κ1) is 12.4. The third kappa shape index (κ3) is 2.78. The second kappa shape index (κ2) is 5.50. The zero-order valence-corrected chi connectivity index (χ0v) is 11.4. The molecule has 1 aliphatic carbocycles. The Morgan fingerprint density at radius 1 is 1.31 bits per heavy atom. The van der Waals surface area contributed by atoms with Crippen molar-refractivity contribution in [3.8, 4) is 0 Å². The van der Waals surface area contributed by atoms with E-state index in [1.54, 1.807) is 6.07 Å². The summed E-state index contributed by atoms with van der Waals surface area (Å²) in [5.41, 5.74) is 0.754. The van der Waals surface area contributed by atoms with Crippen LogP contribution >= 0.6 is 27.5 Å². The van der Waals surface area contributed by atoms with Gasteiger partial charge in [0, 0.05) is 4.83 Å². The van der Waals surface area contributed by atoms with E-state index in [1.165, 1.54) is 25.7 Å². The Kier molecular flexibility index (Phi) is 4.26. The van der Waals surface area contributed by atoms with E-state index in [9.17, 15) is 4.39 Å². The Bertz CT molecular complexity index is 367. The molecule has 0 bridgehead atoms. The van der Waals surface area contributed by atoms with Crippen LogP contribution in [-0.4, -0.2) is 4.83 Å². The molecule has 1 aromatic carbocycles. The van der Waals surface area contributed by atoms with Gasteiger partial charge in [-0.2, -0.15) is 0 Å². The molecule has 0 radical (unpaired) electrons. The molecule has 2 rings (SSSR count). The van der Waals surface area contributed by atoms with Gasteiger partial charge in [0.1, 0.15) is 5.82 Å². The molecule has 3 heteroatoms. The number of halogens is 3. The molecule has 0 spiro atoms. The van der Waals surface area contributed by atoms with E-state index >= 15 is 0 Å². The molecule has 0 heterocycles. The van der Waals surface area contributed by atoms with Crippen LogP contribution in [0.2, 0.25) is 5.02 Å². The molecule has 1 saturated carbocycles. The van der Waals surface area contributed by atoms with E-state index in [0.717, 1.165) is 12.0 Å². The molecule has 1 aliphatic rings. The lowest BCUT2D eigenvalue weighted by Gasteiger charge is -2.27. The van der Waals surface area contributed by atoms with Crippen LogP contribution in [0, 0.1) is 11.7 Å². The molecule has 0 nitrogen and oxygen atoms in total. The molecule has 0 amide bonds. The molecule has 0 saturated heterocycles. The first-order chi connectivity index (χ1) is 7.68. The third-order valence-electron chi connectivity index (χ3n) is 3.33. The predicted molar refractivity (Wildman–Crippen MR) is 69.8 cm³/mol. The summed E-state index contributed by atoms with van der Waals surface area (Å²) < 4.78 is 13.7. The number of hydrogen-bond acceptors (Lipinski definition) is 0. The topological polar surface area (TPSA) is 0 Å².